The van der Waals surface area contributed by atoms with Crippen molar-refractivity contribution in [3.63, 3.8) is 0 Å². The van der Waals surface area contributed by atoms with Gasteiger partial charge in [0.25, 0.3) is 0 Å². The number of nitrogens with one attached hydrogen (secondary N) is 2. The van der Waals surface area contributed by atoms with Crippen LogP contribution in [0.25, 0.3) is 0 Å². The zero-order valence-electron chi connectivity index (χ0n) is 12.4. The van der Waals surface area contributed by atoms with Crippen LogP contribution in [0.4, 0.5) is 4.79 Å². The van der Waals surface area contributed by atoms with E-state index in [9.17, 15) is 14.4 Å². The van der Waals surface area contributed by atoms with Crippen LogP contribution in [0.1, 0.15) is 25.7 Å². The summed E-state index contributed by atoms with van der Waals surface area (Å²) in [6.07, 6.45) is 3.92. The fourth-order valence-electron chi connectivity index (χ4n) is 3.97. The van der Waals surface area contributed by atoms with Gasteiger partial charge in [0.15, 0.2) is 0 Å². The van der Waals surface area contributed by atoms with Crippen molar-refractivity contribution in [2.45, 2.75) is 31.7 Å². The summed E-state index contributed by atoms with van der Waals surface area (Å²) < 4.78 is 0. The van der Waals surface area contributed by atoms with E-state index in [1.54, 1.807) is 0 Å². The fraction of sp³-hybridized carbons (Fsp3) is 0.786. The molecular weight excluding hydrogens is 308 g/mol. The molecule has 3 aliphatic rings. The third kappa shape index (κ3) is 3.05. The molecule has 1 aliphatic heterocycles. The number of nitrogens with two attached hydrogens (primary N) is 1. The third-order valence-electron chi connectivity index (χ3n) is 5.08. The Balaban J connectivity index is 0.00000176. The summed E-state index contributed by atoms with van der Waals surface area (Å²) in [5, 5.41) is 5.38. The highest BCUT2D eigenvalue weighted by atomic mass is 35.5. The van der Waals surface area contributed by atoms with Crippen LogP contribution < -0.4 is 16.4 Å². The molecule has 0 spiro atoms. The van der Waals surface area contributed by atoms with Crippen LogP contribution in [0.3, 0.4) is 0 Å². The number of urea groups is 1. The molecule has 7 nitrogen and oxygen atoms in total. The van der Waals surface area contributed by atoms with Crippen LogP contribution in [0, 0.1) is 17.8 Å². The summed E-state index contributed by atoms with van der Waals surface area (Å²) in [5.74, 6) is 0.724. The van der Waals surface area contributed by atoms with Gasteiger partial charge in [-0.05, 0) is 37.5 Å². The lowest BCUT2D eigenvalue weighted by atomic mass is 9.84. The number of amides is 4. The number of carbonyl (C=O) groups excluding carboxylic acids is 3. The number of halogens is 1. The van der Waals surface area contributed by atoms with Crippen LogP contribution in [0.5, 0.6) is 0 Å². The van der Waals surface area contributed by atoms with Gasteiger partial charge >= 0.3 is 6.03 Å². The van der Waals surface area contributed by atoms with Gasteiger partial charge in [0.1, 0.15) is 0 Å². The van der Waals surface area contributed by atoms with Gasteiger partial charge in [0.2, 0.25) is 11.8 Å². The third-order valence-corrected chi connectivity index (χ3v) is 5.08. The molecule has 4 N–H and O–H groups in total. The Morgan fingerprint density at radius 1 is 1.32 bits per heavy atom. The van der Waals surface area contributed by atoms with Gasteiger partial charge in [-0.3, -0.25) is 14.5 Å². The van der Waals surface area contributed by atoms with E-state index in [1.807, 2.05) is 0 Å². The molecule has 22 heavy (non-hydrogen) atoms. The second-order valence-corrected chi connectivity index (χ2v) is 6.29. The van der Waals surface area contributed by atoms with Gasteiger partial charge in [0.05, 0.1) is 12.5 Å². The minimum absolute atomic E-state index is 0. The predicted molar refractivity (Wildman–Crippen MR) is 82.3 cm³/mol. The number of hydrogen-bond donors (Lipinski definition) is 3. The summed E-state index contributed by atoms with van der Waals surface area (Å²) in [4.78, 5) is 36.1. The second-order valence-electron chi connectivity index (χ2n) is 6.29. The first-order chi connectivity index (χ1) is 10.1. The highest BCUT2D eigenvalue weighted by Crippen LogP contribution is 2.47. The molecule has 4 amide bonds. The van der Waals surface area contributed by atoms with Crippen LogP contribution in [-0.4, -0.2) is 48.4 Å². The molecule has 8 heteroatoms. The van der Waals surface area contributed by atoms with E-state index >= 15 is 0 Å². The number of hydrogen-bond acceptors (Lipinski definition) is 4. The van der Waals surface area contributed by atoms with E-state index in [2.05, 4.69) is 10.6 Å². The van der Waals surface area contributed by atoms with E-state index in [1.165, 1.54) is 4.90 Å². The lowest BCUT2D eigenvalue weighted by Gasteiger charge is -2.27. The van der Waals surface area contributed by atoms with E-state index in [0.717, 1.165) is 19.3 Å². The van der Waals surface area contributed by atoms with Crippen molar-refractivity contribution in [3.8, 4) is 0 Å². The maximum atomic E-state index is 12.2. The molecular formula is C14H23ClN4O3. The van der Waals surface area contributed by atoms with E-state index < -0.39 is 0 Å². The topological polar surface area (TPSA) is 105 Å². The number of carbonyl (C=O) groups is 3. The van der Waals surface area contributed by atoms with Crippen molar-refractivity contribution in [3.05, 3.63) is 0 Å². The fourth-order valence-corrected chi connectivity index (χ4v) is 3.97. The summed E-state index contributed by atoms with van der Waals surface area (Å²) in [7, 11) is 0. The summed E-state index contributed by atoms with van der Waals surface area (Å²) in [6.45, 7) is 0.884. The lowest BCUT2D eigenvalue weighted by Crippen LogP contribution is -2.45. The molecule has 2 aliphatic carbocycles. The Bertz CT molecular complexity index is 455. The van der Waals surface area contributed by atoms with E-state index in [4.69, 9.17) is 5.73 Å². The van der Waals surface area contributed by atoms with Crippen LogP contribution in [-0.2, 0) is 9.59 Å². The Morgan fingerprint density at radius 2 is 2.05 bits per heavy atom. The van der Waals surface area contributed by atoms with Crippen molar-refractivity contribution in [2.75, 3.05) is 19.6 Å². The normalized spacial score (nSPS) is 32.9. The maximum absolute atomic E-state index is 12.2. The highest BCUT2D eigenvalue weighted by molar-refractivity contribution is 6.01. The van der Waals surface area contributed by atoms with Gasteiger partial charge in [0, 0.05) is 19.1 Å². The molecule has 0 radical (unpaired) electrons. The lowest BCUT2D eigenvalue weighted by molar-refractivity contribution is -0.127. The molecule has 3 rings (SSSR count). The number of fused-ring (bicyclic) bond motifs is 2. The van der Waals surface area contributed by atoms with Crippen molar-refractivity contribution in [1.82, 2.24) is 15.5 Å². The van der Waals surface area contributed by atoms with E-state index in [0.29, 0.717) is 31.3 Å². The van der Waals surface area contributed by atoms with E-state index in [-0.39, 0.29) is 48.8 Å². The summed E-state index contributed by atoms with van der Waals surface area (Å²) >= 11 is 0. The number of imide groups is 1. The monoisotopic (exact) mass is 330 g/mol. The molecule has 0 aromatic heterocycles. The Kier molecular flexibility index (Phi) is 5.28. The van der Waals surface area contributed by atoms with Crippen LogP contribution in [0.15, 0.2) is 0 Å². The van der Waals surface area contributed by atoms with Gasteiger partial charge < -0.3 is 16.4 Å². The number of nitrogens with zero attached hydrogens (tertiary/aromatic N) is 1. The maximum Gasteiger partial charge on any atom is 0.324 e. The summed E-state index contributed by atoms with van der Waals surface area (Å²) in [5.41, 5.74) is 6.14. The molecule has 4 unspecified atom stereocenters. The quantitative estimate of drug-likeness (QED) is 0.481. The first-order valence-electron chi connectivity index (χ1n) is 7.69. The minimum atomic E-state index is -0.346. The SMILES string of the molecule is Cl.NC1C2CCC(C2)C1C(=O)NCCCN1C(=O)CNC1=O. The molecule has 124 valence electrons. The zero-order valence-corrected chi connectivity index (χ0v) is 13.2. The number of rotatable bonds is 5. The zero-order chi connectivity index (χ0) is 15.0. The average molecular weight is 331 g/mol. The Hall–Kier alpha value is -1.34. The minimum Gasteiger partial charge on any atom is -0.356 e. The van der Waals surface area contributed by atoms with Crippen molar-refractivity contribution in [2.24, 2.45) is 23.5 Å². The molecule has 1 heterocycles. The average Bonchev–Trinajstić information content (AvgIpc) is 3.12. The molecule has 1 saturated heterocycles. The van der Waals surface area contributed by atoms with Gasteiger partial charge in [-0.25, -0.2) is 4.79 Å². The van der Waals surface area contributed by atoms with Crippen molar-refractivity contribution >= 4 is 30.3 Å². The second kappa shape index (κ2) is 6.83. The molecule has 0 aromatic carbocycles. The van der Waals surface area contributed by atoms with Crippen molar-refractivity contribution < 1.29 is 14.4 Å². The highest BCUT2D eigenvalue weighted by Gasteiger charge is 2.48. The largest absolute Gasteiger partial charge is 0.356 e. The standard InChI is InChI=1S/C14H22N4O3.ClH/c15-12-9-3-2-8(6-9)11(12)13(20)16-4-1-5-18-10(19)7-17-14(18)21;/h8-9,11-12H,1-7,15H2,(H,16,20)(H,17,21);1H. The predicted octanol–water partition coefficient (Wildman–Crippen LogP) is -0.160. The smallest absolute Gasteiger partial charge is 0.324 e. The summed E-state index contributed by atoms with van der Waals surface area (Å²) in [6, 6.07) is -0.351. The van der Waals surface area contributed by atoms with Crippen LogP contribution >= 0.6 is 12.4 Å². The van der Waals surface area contributed by atoms with Gasteiger partial charge in [-0.2, -0.15) is 0 Å². The molecule has 0 aromatic rings. The van der Waals surface area contributed by atoms with Gasteiger partial charge in [-0.1, -0.05) is 0 Å². The molecule has 4 atom stereocenters. The Labute approximate surface area is 135 Å². The molecule has 2 saturated carbocycles. The Morgan fingerprint density at radius 3 is 2.64 bits per heavy atom. The first kappa shape index (κ1) is 17.0. The van der Waals surface area contributed by atoms with Gasteiger partial charge in [-0.15, -0.1) is 12.4 Å². The molecule has 3 fully saturated rings. The van der Waals surface area contributed by atoms with Crippen molar-refractivity contribution in [1.29, 1.82) is 0 Å². The molecule has 2 bridgehead atoms. The first-order valence-corrected chi connectivity index (χ1v) is 7.69. The van der Waals surface area contributed by atoms with Crippen LogP contribution in [0.2, 0.25) is 0 Å².